The summed E-state index contributed by atoms with van der Waals surface area (Å²) >= 11 is 0. The van der Waals surface area contributed by atoms with Gasteiger partial charge in [0.25, 0.3) is 0 Å². The first kappa shape index (κ1) is 9.21. The van der Waals surface area contributed by atoms with E-state index in [0.29, 0.717) is 5.92 Å². The van der Waals surface area contributed by atoms with Gasteiger partial charge in [-0.15, -0.1) is 0 Å². The Bertz CT molecular complexity index is 346. The molecule has 0 bridgehead atoms. The van der Waals surface area contributed by atoms with Crippen molar-refractivity contribution >= 4 is 0 Å². The Morgan fingerprint density at radius 3 is 2.79 bits per heavy atom. The lowest BCUT2D eigenvalue weighted by Crippen LogP contribution is -2.06. The zero-order valence-electron chi connectivity index (χ0n) is 8.24. The summed E-state index contributed by atoms with van der Waals surface area (Å²) in [6.07, 6.45) is 8.20. The van der Waals surface area contributed by atoms with Gasteiger partial charge in [-0.25, -0.2) is 0 Å². The molecule has 72 valence electrons. The number of hydrogen-bond acceptors (Lipinski definition) is 2. The van der Waals surface area contributed by atoms with Crippen LogP contribution >= 0.6 is 0 Å². The molecule has 1 saturated carbocycles. The van der Waals surface area contributed by atoms with Crippen molar-refractivity contribution in [2.24, 2.45) is 0 Å². The van der Waals surface area contributed by atoms with Crippen molar-refractivity contribution in [2.45, 2.75) is 38.0 Å². The van der Waals surface area contributed by atoms with Crippen LogP contribution in [0.5, 0.6) is 0 Å². The van der Waals surface area contributed by atoms with E-state index in [1.54, 1.807) is 12.3 Å². The number of pyridine rings is 1. The number of hydrogen-bond donors (Lipinski definition) is 0. The maximum absolute atomic E-state index is 8.78. The van der Waals surface area contributed by atoms with Gasteiger partial charge in [0.2, 0.25) is 0 Å². The van der Waals surface area contributed by atoms with Crippen molar-refractivity contribution in [3.8, 4) is 6.07 Å². The van der Waals surface area contributed by atoms with E-state index >= 15 is 0 Å². The molecular formula is C12H14N2. The lowest BCUT2D eigenvalue weighted by Gasteiger charge is -2.20. The van der Waals surface area contributed by atoms with E-state index in [0.717, 1.165) is 11.3 Å². The van der Waals surface area contributed by atoms with Crippen LogP contribution in [0.1, 0.15) is 49.3 Å². The molecule has 1 aromatic heterocycles. The molecule has 0 amide bonds. The van der Waals surface area contributed by atoms with Gasteiger partial charge in [-0.05, 0) is 25.0 Å². The number of nitriles is 1. The van der Waals surface area contributed by atoms with Crippen molar-refractivity contribution in [3.63, 3.8) is 0 Å². The van der Waals surface area contributed by atoms with Crippen molar-refractivity contribution in [1.82, 2.24) is 4.98 Å². The summed E-state index contributed by atoms with van der Waals surface area (Å²) in [5.74, 6) is 0.594. The summed E-state index contributed by atoms with van der Waals surface area (Å²) in [5.41, 5.74) is 1.85. The predicted molar refractivity (Wildman–Crippen MR) is 54.8 cm³/mol. The van der Waals surface area contributed by atoms with E-state index in [-0.39, 0.29) is 0 Å². The molecule has 0 unspecified atom stereocenters. The van der Waals surface area contributed by atoms with Gasteiger partial charge in [-0.3, -0.25) is 4.98 Å². The largest absolute Gasteiger partial charge is 0.261 e. The molecule has 1 aliphatic rings. The average Bonchev–Trinajstić information content (AvgIpc) is 2.30. The Labute approximate surface area is 84.6 Å². The average molecular weight is 186 g/mol. The Morgan fingerprint density at radius 2 is 2.07 bits per heavy atom. The lowest BCUT2D eigenvalue weighted by atomic mass is 9.86. The smallest absolute Gasteiger partial charge is 0.0992 e. The molecule has 0 atom stereocenters. The van der Waals surface area contributed by atoms with Gasteiger partial charge >= 0.3 is 0 Å². The lowest BCUT2D eigenvalue weighted by molar-refractivity contribution is 0.436. The third kappa shape index (κ3) is 1.93. The van der Waals surface area contributed by atoms with Crippen LogP contribution in [0.2, 0.25) is 0 Å². The monoisotopic (exact) mass is 186 g/mol. The molecule has 14 heavy (non-hydrogen) atoms. The predicted octanol–water partition coefficient (Wildman–Crippen LogP) is 3.00. The van der Waals surface area contributed by atoms with Crippen molar-refractivity contribution in [3.05, 3.63) is 29.6 Å². The molecule has 2 heteroatoms. The third-order valence-electron chi connectivity index (χ3n) is 2.93. The molecule has 0 aliphatic heterocycles. The topological polar surface area (TPSA) is 36.7 Å². The minimum atomic E-state index is 0.594. The highest BCUT2D eigenvalue weighted by molar-refractivity contribution is 5.30. The fraction of sp³-hybridized carbons (Fsp3) is 0.500. The summed E-state index contributed by atoms with van der Waals surface area (Å²) in [5, 5.41) is 8.78. The first-order chi connectivity index (χ1) is 6.90. The van der Waals surface area contributed by atoms with E-state index in [4.69, 9.17) is 5.26 Å². The van der Waals surface area contributed by atoms with Gasteiger partial charge < -0.3 is 0 Å². The van der Waals surface area contributed by atoms with E-state index < -0.39 is 0 Å². The first-order valence-corrected chi connectivity index (χ1v) is 5.26. The Hall–Kier alpha value is -1.36. The molecule has 2 nitrogen and oxygen atoms in total. The molecule has 0 radical (unpaired) electrons. The number of nitrogens with zero attached hydrogens (tertiary/aromatic N) is 2. The Balaban J connectivity index is 2.18. The second kappa shape index (κ2) is 4.23. The second-order valence-corrected chi connectivity index (χ2v) is 3.92. The zero-order valence-corrected chi connectivity index (χ0v) is 8.24. The molecule has 2 rings (SSSR count). The summed E-state index contributed by atoms with van der Waals surface area (Å²) in [4.78, 5) is 4.36. The SMILES string of the molecule is N#Cc1ccnc(C2CCCCC2)c1. The Kier molecular flexibility index (Phi) is 2.78. The first-order valence-electron chi connectivity index (χ1n) is 5.26. The summed E-state index contributed by atoms with van der Waals surface area (Å²) < 4.78 is 0. The summed E-state index contributed by atoms with van der Waals surface area (Å²) in [6, 6.07) is 5.88. The molecule has 1 aromatic rings. The van der Waals surface area contributed by atoms with E-state index in [1.165, 1.54) is 32.1 Å². The van der Waals surface area contributed by atoms with Gasteiger partial charge in [0, 0.05) is 17.8 Å². The van der Waals surface area contributed by atoms with Crippen LogP contribution in [0.15, 0.2) is 18.3 Å². The van der Waals surface area contributed by atoms with Crippen LogP contribution in [0, 0.1) is 11.3 Å². The maximum Gasteiger partial charge on any atom is 0.0992 e. The third-order valence-corrected chi connectivity index (χ3v) is 2.93. The van der Waals surface area contributed by atoms with Crippen LogP contribution in [-0.2, 0) is 0 Å². The van der Waals surface area contributed by atoms with Gasteiger partial charge in [-0.1, -0.05) is 19.3 Å². The maximum atomic E-state index is 8.78. The molecular weight excluding hydrogens is 172 g/mol. The standard InChI is InChI=1S/C12H14N2/c13-9-10-6-7-14-12(8-10)11-4-2-1-3-5-11/h6-8,11H,1-5H2. The van der Waals surface area contributed by atoms with E-state index in [1.807, 2.05) is 6.07 Å². The van der Waals surface area contributed by atoms with Gasteiger partial charge in [0.1, 0.15) is 0 Å². The van der Waals surface area contributed by atoms with Gasteiger partial charge in [0.05, 0.1) is 11.6 Å². The highest BCUT2D eigenvalue weighted by Gasteiger charge is 2.16. The van der Waals surface area contributed by atoms with Crippen molar-refractivity contribution < 1.29 is 0 Å². The zero-order chi connectivity index (χ0) is 9.80. The van der Waals surface area contributed by atoms with Gasteiger partial charge in [-0.2, -0.15) is 5.26 Å². The molecule has 0 spiro atoms. The second-order valence-electron chi connectivity index (χ2n) is 3.92. The quantitative estimate of drug-likeness (QED) is 0.676. The fourth-order valence-corrected chi connectivity index (χ4v) is 2.14. The minimum Gasteiger partial charge on any atom is -0.261 e. The Morgan fingerprint density at radius 1 is 1.29 bits per heavy atom. The molecule has 0 saturated heterocycles. The summed E-state index contributed by atoms with van der Waals surface area (Å²) in [7, 11) is 0. The van der Waals surface area contributed by atoms with Crippen LogP contribution in [0.4, 0.5) is 0 Å². The minimum absolute atomic E-state index is 0.594. The molecule has 0 aromatic carbocycles. The number of aromatic nitrogens is 1. The van der Waals surface area contributed by atoms with Crippen molar-refractivity contribution in [2.75, 3.05) is 0 Å². The fourth-order valence-electron chi connectivity index (χ4n) is 2.14. The van der Waals surface area contributed by atoms with E-state index in [9.17, 15) is 0 Å². The van der Waals surface area contributed by atoms with Crippen LogP contribution in [-0.4, -0.2) is 4.98 Å². The molecule has 0 N–H and O–H groups in total. The van der Waals surface area contributed by atoms with Crippen LogP contribution < -0.4 is 0 Å². The van der Waals surface area contributed by atoms with Crippen LogP contribution in [0.25, 0.3) is 0 Å². The summed E-state index contributed by atoms with van der Waals surface area (Å²) in [6.45, 7) is 0. The highest BCUT2D eigenvalue weighted by atomic mass is 14.7. The molecule has 1 aliphatic carbocycles. The van der Waals surface area contributed by atoms with Gasteiger partial charge in [0.15, 0.2) is 0 Å². The normalized spacial score (nSPS) is 17.6. The van der Waals surface area contributed by atoms with Crippen molar-refractivity contribution in [1.29, 1.82) is 5.26 Å². The van der Waals surface area contributed by atoms with E-state index in [2.05, 4.69) is 11.1 Å². The molecule has 1 heterocycles. The number of rotatable bonds is 1. The highest BCUT2D eigenvalue weighted by Crippen LogP contribution is 2.31. The molecule has 1 fully saturated rings. The van der Waals surface area contributed by atoms with Crippen LogP contribution in [0.3, 0.4) is 0 Å².